The predicted molar refractivity (Wildman–Crippen MR) is 50.1 cm³/mol. The van der Waals surface area contributed by atoms with Crippen molar-refractivity contribution in [3.8, 4) is 0 Å². The van der Waals surface area contributed by atoms with Gasteiger partial charge in [0.1, 0.15) is 5.76 Å². The lowest BCUT2D eigenvalue weighted by Gasteiger charge is -2.10. The van der Waals surface area contributed by atoms with Crippen molar-refractivity contribution in [3.63, 3.8) is 0 Å². The van der Waals surface area contributed by atoms with Gasteiger partial charge in [0.25, 0.3) is 0 Å². The molecule has 4 atom stereocenters. The van der Waals surface area contributed by atoms with Crippen LogP contribution in [0.1, 0.15) is 17.7 Å². The molecule has 1 aliphatic carbocycles. The van der Waals surface area contributed by atoms with E-state index < -0.39 is 5.97 Å². The quantitative estimate of drug-likeness (QED) is 0.743. The summed E-state index contributed by atoms with van der Waals surface area (Å²) in [6.07, 6.45) is 1.67. The Hall–Kier alpha value is -1.36. The highest BCUT2D eigenvalue weighted by Crippen LogP contribution is 2.56. The Morgan fingerprint density at radius 2 is 2.53 bits per heavy atom. The van der Waals surface area contributed by atoms with Crippen molar-refractivity contribution >= 4 is 5.97 Å². The number of rotatable bonds is 2. The summed E-state index contributed by atoms with van der Waals surface area (Å²) in [5.74, 6) is 0.926. The number of hydrogen-bond donors (Lipinski definition) is 2. The molecule has 5 heteroatoms. The Balaban J connectivity index is 1.82. The molecule has 1 saturated carbocycles. The number of nitrogens with zero attached hydrogens (tertiary/aromatic N) is 1. The number of fused-ring (bicyclic) bond motifs is 1. The minimum Gasteiger partial charge on any atom is -0.481 e. The van der Waals surface area contributed by atoms with Crippen LogP contribution in [0.25, 0.3) is 0 Å². The Labute approximate surface area is 86.5 Å². The Kier molecular flexibility index (Phi) is 1.68. The number of hydrogen-bond acceptors (Lipinski definition) is 4. The number of nitrogens with one attached hydrogen (secondary N) is 1. The van der Waals surface area contributed by atoms with Crippen molar-refractivity contribution in [3.05, 3.63) is 17.8 Å². The number of carboxylic acid groups (broad SMARTS) is 1. The second-order valence-corrected chi connectivity index (χ2v) is 4.30. The summed E-state index contributed by atoms with van der Waals surface area (Å²) in [7, 11) is 0. The molecule has 0 bridgehead atoms. The highest BCUT2D eigenvalue weighted by Gasteiger charge is 2.63. The van der Waals surface area contributed by atoms with E-state index in [0.29, 0.717) is 5.89 Å². The van der Waals surface area contributed by atoms with Crippen molar-refractivity contribution in [2.75, 3.05) is 6.54 Å². The van der Waals surface area contributed by atoms with Crippen LogP contribution in [-0.4, -0.2) is 22.6 Å². The van der Waals surface area contributed by atoms with Gasteiger partial charge in [-0.2, -0.15) is 0 Å². The maximum Gasteiger partial charge on any atom is 0.307 e. The second-order valence-electron chi connectivity index (χ2n) is 4.30. The Bertz CT molecular complexity index is 415. The molecular weight excluding hydrogens is 196 g/mol. The molecule has 1 aromatic rings. The average molecular weight is 208 g/mol. The summed E-state index contributed by atoms with van der Waals surface area (Å²) in [6.45, 7) is 2.60. The standard InChI is InChI=1S/C10H12N2O3/c1-4-2-12-9(15-4)8-6-5(3-11-8)7(6)10(13)14/h2,5-8,11H,3H2,1H3,(H,13,14). The predicted octanol–water partition coefficient (Wildman–Crippen LogP) is 0.574. The monoisotopic (exact) mass is 208 g/mol. The van der Waals surface area contributed by atoms with E-state index in [1.165, 1.54) is 0 Å². The van der Waals surface area contributed by atoms with Crippen molar-refractivity contribution in [2.45, 2.75) is 13.0 Å². The third kappa shape index (κ3) is 1.19. The molecule has 1 aromatic heterocycles. The summed E-state index contributed by atoms with van der Waals surface area (Å²) < 4.78 is 5.43. The highest BCUT2D eigenvalue weighted by atomic mass is 16.4. The average Bonchev–Trinajstić information content (AvgIpc) is 2.56. The van der Waals surface area contributed by atoms with E-state index in [-0.39, 0.29) is 23.8 Å². The van der Waals surface area contributed by atoms with Crippen LogP contribution in [0, 0.1) is 24.7 Å². The van der Waals surface area contributed by atoms with E-state index in [2.05, 4.69) is 10.3 Å². The molecule has 4 unspecified atom stereocenters. The summed E-state index contributed by atoms with van der Waals surface area (Å²) in [5, 5.41) is 12.2. The van der Waals surface area contributed by atoms with Gasteiger partial charge in [-0.25, -0.2) is 4.98 Å². The summed E-state index contributed by atoms with van der Waals surface area (Å²) in [4.78, 5) is 15.0. The lowest BCUT2D eigenvalue weighted by Crippen LogP contribution is -2.23. The SMILES string of the molecule is Cc1cnc(C2NCC3C(C(=O)O)C23)o1. The van der Waals surface area contributed by atoms with Crippen molar-refractivity contribution in [2.24, 2.45) is 17.8 Å². The van der Waals surface area contributed by atoms with Gasteiger partial charge in [-0.3, -0.25) is 4.79 Å². The van der Waals surface area contributed by atoms with Crippen LogP contribution in [0.5, 0.6) is 0 Å². The molecule has 2 aliphatic rings. The van der Waals surface area contributed by atoms with Gasteiger partial charge in [-0.05, 0) is 19.4 Å². The molecule has 5 nitrogen and oxygen atoms in total. The number of carbonyl (C=O) groups is 1. The first-order valence-corrected chi connectivity index (χ1v) is 5.07. The number of piperidine rings is 1. The first-order valence-electron chi connectivity index (χ1n) is 5.07. The fourth-order valence-corrected chi connectivity index (χ4v) is 2.63. The van der Waals surface area contributed by atoms with E-state index in [1.54, 1.807) is 6.20 Å². The van der Waals surface area contributed by atoms with Crippen LogP contribution in [0.2, 0.25) is 0 Å². The van der Waals surface area contributed by atoms with Crippen molar-refractivity contribution < 1.29 is 14.3 Å². The normalized spacial score (nSPS) is 37.7. The topological polar surface area (TPSA) is 75.4 Å². The number of oxazole rings is 1. The van der Waals surface area contributed by atoms with Crippen LogP contribution >= 0.6 is 0 Å². The molecule has 0 radical (unpaired) electrons. The molecule has 3 rings (SSSR count). The van der Waals surface area contributed by atoms with Gasteiger partial charge in [0, 0.05) is 5.92 Å². The summed E-state index contributed by atoms with van der Waals surface area (Å²) >= 11 is 0. The largest absolute Gasteiger partial charge is 0.481 e. The van der Waals surface area contributed by atoms with Gasteiger partial charge in [-0.1, -0.05) is 0 Å². The number of carboxylic acids is 1. The molecule has 80 valence electrons. The Morgan fingerprint density at radius 3 is 3.07 bits per heavy atom. The molecule has 2 N–H and O–H groups in total. The molecule has 0 aromatic carbocycles. The molecule has 1 aliphatic heterocycles. The van der Waals surface area contributed by atoms with Crippen LogP contribution in [0.4, 0.5) is 0 Å². The van der Waals surface area contributed by atoms with Gasteiger partial charge in [0.05, 0.1) is 18.2 Å². The second kappa shape index (κ2) is 2.82. The maximum absolute atomic E-state index is 10.9. The minimum atomic E-state index is -0.695. The minimum absolute atomic E-state index is 0.00944. The van der Waals surface area contributed by atoms with Crippen molar-refractivity contribution in [1.82, 2.24) is 10.3 Å². The lowest BCUT2D eigenvalue weighted by molar-refractivity contribution is -0.139. The van der Waals surface area contributed by atoms with Gasteiger partial charge >= 0.3 is 5.97 Å². The number of aryl methyl sites for hydroxylation is 1. The molecule has 15 heavy (non-hydrogen) atoms. The van der Waals surface area contributed by atoms with E-state index >= 15 is 0 Å². The van der Waals surface area contributed by atoms with Crippen LogP contribution in [0.3, 0.4) is 0 Å². The fourth-order valence-electron chi connectivity index (χ4n) is 2.63. The van der Waals surface area contributed by atoms with E-state index in [4.69, 9.17) is 9.52 Å². The number of aliphatic carboxylic acids is 1. The molecule has 2 fully saturated rings. The zero-order valence-electron chi connectivity index (χ0n) is 8.30. The number of aromatic nitrogens is 1. The van der Waals surface area contributed by atoms with Gasteiger partial charge in [0.15, 0.2) is 0 Å². The fraction of sp³-hybridized carbons (Fsp3) is 0.600. The smallest absolute Gasteiger partial charge is 0.307 e. The lowest BCUT2D eigenvalue weighted by atomic mass is 10.1. The van der Waals surface area contributed by atoms with E-state index in [9.17, 15) is 4.79 Å². The van der Waals surface area contributed by atoms with Crippen LogP contribution in [0.15, 0.2) is 10.6 Å². The first-order chi connectivity index (χ1) is 7.18. The van der Waals surface area contributed by atoms with Crippen LogP contribution < -0.4 is 5.32 Å². The third-order valence-electron chi connectivity index (χ3n) is 3.38. The third-order valence-corrected chi connectivity index (χ3v) is 3.38. The summed E-state index contributed by atoms with van der Waals surface area (Å²) in [5.41, 5.74) is 0. The maximum atomic E-state index is 10.9. The van der Waals surface area contributed by atoms with Gasteiger partial charge < -0.3 is 14.8 Å². The Morgan fingerprint density at radius 1 is 1.73 bits per heavy atom. The van der Waals surface area contributed by atoms with E-state index in [1.807, 2.05) is 6.92 Å². The van der Waals surface area contributed by atoms with Crippen molar-refractivity contribution in [1.29, 1.82) is 0 Å². The van der Waals surface area contributed by atoms with E-state index in [0.717, 1.165) is 12.3 Å². The first kappa shape index (κ1) is 8.91. The zero-order chi connectivity index (χ0) is 10.6. The summed E-state index contributed by atoms with van der Waals surface area (Å²) in [6, 6.07) is -0.00944. The molecular formula is C10H12N2O3. The van der Waals surface area contributed by atoms with Crippen LogP contribution in [-0.2, 0) is 4.79 Å². The molecule has 2 heterocycles. The highest BCUT2D eigenvalue weighted by molar-refractivity contribution is 5.75. The molecule has 1 saturated heterocycles. The van der Waals surface area contributed by atoms with Gasteiger partial charge in [0.2, 0.25) is 5.89 Å². The van der Waals surface area contributed by atoms with Gasteiger partial charge in [-0.15, -0.1) is 0 Å². The zero-order valence-corrected chi connectivity index (χ0v) is 8.30. The molecule has 0 amide bonds. The molecule has 0 spiro atoms.